The summed E-state index contributed by atoms with van der Waals surface area (Å²) >= 11 is 6.07. The van der Waals surface area contributed by atoms with Gasteiger partial charge in [0, 0.05) is 12.6 Å². The molecular formula is C14H19ClN2O3S. The highest BCUT2D eigenvalue weighted by molar-refractivity contribution is 7.89. The molecule has 1 unspecified atom stereocenters. The molecule has 5 nitrogen and oxygen atoms in total. The number of rotatable bonds is 2. The molecule has 2 rings (SSSR count). The number of amides is 1. The first kappa shape index (κ1) is 16.3. The highest BCUT2D eigenvalue weighted by Gasteiger charge is 2.29. The Hall–Kier alpha value is -1.11. The van der Waals surface area contributed by atoms with Crippen molar-refractivity contribution >= 4 is 27.5 Å². The number of hydrogen-bond donors (Lipinski definition) is 1. The maximum absolute atomic E-state index is 12.8. The van der Waals surface area contributed by atoms with Crippen molar-refractivity contribution in [2.24, 2.45) is 5.14 Å². The number of primary sulfonamides is 1. The first-order valence-electron chi connectivity index (χ1n) is 6.94. The Labute approximate surface area is 130 Å². The molecule has 1 aromatic carbocycles. The van der Waals surface area contributed by atoms with Crippen molar-refractivity contribution in [3.05, 3.63) is 28.8 Å². The number of carbonyl (C=O) groups excluding carboxylic acids is 1. The Balaban J connectivity index is 2.48. The second-order valence-electron chi connectivity index (χ2n) is 5.35. The summed E-state index contributed by atoms with van der Waals surface area (Å²) in [6.45, 7) is 2.58. The molecule has 1 aromatic rings. The highest BCUT2D eigenvalue weighted by atomic mass is 35.5. The molecule has 1 fully saturated rings. The van der Waals surface area contributed by atoms with E-state index in [0.717, 1.165) is 25.7 Å². The number of likely N-dealkylation sites (tertiary alicyclic amines) is 1. The van der Waals surface area contributed by atoms with Gasteiger partial charge in [-0.05, 0) is 31.9 Å². The number of benzene rings is 1. The van der Waals surface area contributed by atoms with Crippen LogP contribution in [0.1, 0.15) is 43.0 Å². The molecule has 0 saturated carbocycles. The van der Waals surface area contributed by atoms with Gasteiger partial charge in [0.05, 0.1) is 15.5 Å². The molecule has 1 aliphatic rings. The summed E-state index contributed by atoms with van der Waals surface area (Å²) in [5.74, 6) is -0.362. The van der Waals surface area contributed by atoms with Crippen LogP contribution >= 0.6 is 11.6 Å². The van der Waals surface area contributed by atoms with Crippen LogP contribution in [0.4, 0.5) is 0 Å². The first-order valence-corrected chi connectivity index (χ1v) is 8.87. The van der Waals surface area contributed by atoms with Crippen LogP contribution in [-0.2, 0) is 10.0 Å². The topological polar surface area (TPSA) is 80.5 Å². The second kappa shape index (κ2) is 6.34. The zero-order chi connectivity index (χ0) is 15.6. The van der Waals surface area contributed by atoms with Gasteiger partial charge >= 0.3 is 0 Å². The van der Waals surface area contributed by atoms with Gasteiger partial charge in [0.25, 0.3) is 5.91 Å². The molecule has 1 amide bonds. The fraction of sp³-hybridized carbons (Fsp3) is 0.500. The van der Waals surface area contributed by atoms with Gasteiger partial charge in [0.1, 0.15) is 0 Å². The maximum Gasteiger partial charge on any atom is 0.256 e. The van der Waals surface area contributed by atoms with Crippen molar-refractivity contribution in [2.75, 3.05) is 6.54 Å². The van der Waals surface area contributed by atoms with E-state index < -0.39 is 10.0 Å². The van der Waals surface area contributed by atoms with Crippen LogP contribution in [0.3, 0.4) is 0 Å². The van der Waals surface area contributed by atoms with Crippen LogP contribution in [0.5, 0.6) is 0 Å². The van der Waals surface area contributed by atoms with Crippen molar-refractivity contribution in [1.82, 2.24) is 4.90 Å². The monoisotopic (exact) mass is 330 g/mol. The smallest absolute Gasteiger partial charge is 0.256 e. The molecule has 1 aliphatic heterocycles. The summed E-state index contributed by atoms with van der Waals surface area (Å²) in [6, 6.07) is 4.36. The quantitative estimate of drug-likeness (QED) is 0.904. The summed E-state index contributed by atoms with van der Waals surface area (Å²) in [4.78, 5) is 14.3. The van der Waals surface area contributed by atoms with E-state index in [1.54, 1.807) is 4.90 Å². The van der Waals surface area contributed by atoms with E-state index >= 15 is 0 Å². The Morgan fingerprint density at radius 1 is 1.33 bits per heavy atom. The minimum absolute atomic E-state index is 0.0181. The predicted octanol–water partition coefficient (Wildman–Crippen LogP) is 2.39. The van der Waals surface area contributed by atoms with Crippen LogP contribution in [-0.4, -0.2) is 31.8 Å². The molecule has 116 valence electrons. The lowest BCUT2D eigenvalue weighted by Gasteiger charge is -2.28. The van der Waals surface area contributed by atoms with Gasteiger partial charge in [-0.25, -0.2) is 13.6 Å². The Morgan fingerprint density at radius 2 is 2.05 bits per heavy atom. The molecule has 1 saturated heterocycles. The van der Waals surface area contributed by atoms with Gasteiger partial charge in [-0.1, -0.05) is 30.5 Å². The maximum atomic E-state index is 12.8. The number of hydrogen-bond acceptors (Lipinski definition) is 3. The van der Waals surface area contributed by atoms with Crippen LogP contribution in [0.2, 0.25) is 5.02 Å². The Kier molecular flexibility index (Phi) is 4.91. The SMILES string of the molecule is CC1CCCCCN1C(=O)c1c(Cl)cccc1S(N)(=O)=O. The molecule has 0 aromatic heterocycles. The summed E-state index contributed by atoms with van der Waals surface area (Å²) in [7, 11) is -4.00. The van der Waals surface area contributed by atoms with Crippen molar-refractivity contribution in [3.63, 3.8) is 0 Å². The summed E-state index contributed by atoms with van der Waals surface area (Å²) in [5, 5.41) is 5.32. The minimum Gasteiger partial charge on any atom is -0.336 e. The average molecular weight is 331 g/mol. The molecule has 0 spiro atoms. The molecule has 0 aliphatic carbocycles. The van der Waals surface area contributed by atoms with Crippen molar-refractivity contribution < 1.29 is 13.2 Å². The fourth-order valence-corrected chi connectivity index (χ4v) is 3.73. The molecule has 0 bridgehead atoms. The van der Waals surface area contributed by atoms with Gasteiger partial charge in [0.15, 0.2) is 0 Å². The van der Waals surface area contributed by atoms with E-state index in [0.29, 0.717) is 6.54 Å². The van der Waals surface area contributed by atoms with Crippen molar-refractivity contribution in [2.45, 2.75) is 43.5 Å². The molecule has 7 heteroatoms. The van der Waals surface area contributed by atoms with Crippen LogP contribution < -0.4 is 5.14 Å². The highest BCUT2D eigenvalue weighted by Crippen LogP contribution is 2.27. The van der Waals surface area contributed by atoms with Gasteiger partial charge in [-0.15, -0.1) is 0 Å². The number of nitrogens with two attached hydrogens (primary N) is 1. The van der Waals surface area contributed by atoms with E-state index in [4.69, 9.17) is 16.7 Å². The van der Waals surface area contributed by atoms with Crippen LogP contribution in [0, 0.1) is 0 Å². The van der Waals surface area contributed by atoms with Crippen LogP contribution in [0.15, 0.2) is 23.1 Å². The Bertz CT molecular complexity index is 646. The van der Waals surface area contributed by atoms with Crippen molar-refractivity contribution in [3.8, 4) is 0 Å². The lowest BCUT2D eigenvalue weighted by atomic mass is 10.1. The third-order valence-electron chi connectivity index (χ3n) is 3.81. The number of carbonyl (C=O) groups is 1. The van der Waals surface area contributed by atoms with E-state index in [9.17, 15) is 13.2 Å². The third-order valence-corrected chi connectivity index (χ3v) is 5.08. The van der Waals surface area contributed by atoms with Gasteiger partial charge in [0.2, 0.25) is 10.0 Å². The molecule has 1 heterocycles. The standard InChI is InChI=1S/C14H19ClN2O3S/c1-10-6-3-2-4-9-17(10)14(18)13-11(15)7-5-8-12(13)21(16,19)20/h5,7-8,10H,2-4,6,9H2,1H3,(H2,16,19,20). The van der Waals surface area contributed by atoms with Gasteiger partial charge in [-0.2, -0.15) is 0 Å². The average Bonchev–Trinajstić information content (AvgIpc) is 2.61. The molecule has 2 N–H and O–H groups in total. The Morgan fingerprint density at radius 3 is 2.71 bits per heavy atom. The molecular weight excluding hydrogens is 312 g/mol. The normalized spacial score (nSPS) is 20.1. The predicted molar refractivity (Wildman–Crippen MR) is 81.8 cm³/mol. The lowest BCUT2D eigenvalue weighted by molar-refractivity contribution is 0.0694. The zero-order valence-corrected chi connectivity index (χ0v) is 13.5. The van der Waals surface area contributed by atoms with Crippen molar-refractivity contribution in [1.29, 1.82) is 0 Å². The van der Waals surface area contributed by atoms with E-state index in [1.807, 2.05) is 6.92 Å². The zero-order valence-electron chi connectivity index (χ0n) is 11.9. The molecule has 0 radical (unpaired) electrons. The number of halogens is 1. The molecule has 1 atom stereocenters. The number of sulfonamides is 1. The van der Waals surface area contributed by atoms with E-state index in [-0.39, 0.29) is 27.4 Å². The van der Waals surface area contributed by atoms with Gasteiger partial charge in [-0.3, -0.25) is 4.79 Å². The fourth-order valence-electron chi connectivity index (χ4n) is 2.67. The minimum atomic E-state index is -4.00. The van der Waals surface area contributed by atoms with Crippen LogP contribution in [0.25, 0.3) is 0 Å². The lowest BCUT2D eigenvalue weighted by Crippen LogP contribution is -2.39. The van der Waals surface area contributed by atoms with E-state index in [2.05, 4.69) is 0 Å². The first-order chi connectivity index (χ1) is 9.82. The van der Waals surface area contributed by atoms with Gasteiger partial charge < -0.3 is 4.90 Å². The second-order valence-corrected chi connectivity index (χ2v) is 7.29. The largest absolute Gasteiger partial charge is 0.336 e. The summed E-state index contributed by atoms with van der Waals surface area (Å²) < 4.78 is 23.4. The summed E-state index contributed by atoms with van der Waals surface area (Å²) in [5.41, 5.74) is -0.0181. The number of nitrogens with zero attached hydrogens (tertiary/aromatic N) is 1. The summed E-state index contributed by atoms with van der Waals surface area (Å²) in [6.07, 6.45) is 3.94. The molecule has 21 heavy (non-hydrogen) atoms. The third kappa shape index (κ3) is 3.56. The van der Waals surface area contributed by atoms with E-state index in [1.165, 1.54) is 18.2 Å².